The smallest absolute Gasteiger partial charge is 0.326 e. The topological polar surface area (TPSA) is 57.6 Å². The Hall–Kier alpha value is -1.36. The van der Waals surface area contributed by atoms with Crippen LogP contribution in [0.15, 0.2) is 16.8 Å². The van der Waals surface area contributed by atoms with Gasteiger partial charge in [0.15, 0.2) is 0 Å². The molecule has 1 aliphatic rings. The molecule has 1 amide bonds. The molecule has 16 heavy (non-hydrogen) atoms. The van der Waals surface area contributed by atoms with E-state index in [2.05, 4.69) is 0 Å². The van der Waals surface area contributed by atoms with E-state index in [1.54, 1.807) is 18.4 Å². The van der Waals surface area contributed by atoms with E-state index in [1.165, 1.54) is 16.2 Å². The van der Waals surface area contributed by atoms with Crippen LogP contribution in [0.2, 0.25) is 0 Å². The highest BCUT2D eigenvalue weighted by Crippen LogP contribution is 2.30. The molecule has 1 atom stereocenters. The average molecular weight is 239 g/mol. The number of rotatable bonds is 4. The molecule has 1 saturated carbocycles. The Morgan fingerprint density at radius 1 is 1.56 bits per heavy atom. The highest BCUT2D eigenvalue weighted by atomic mass is 32.1. The van der Waals surface area contributed by atoms with Crippen molar-refractivity contribution in [3.05, 3.63) is 22.4 Å². The van der Waals surface area contributed by atoms with Crippen molar-refractivity contribution >= 4 is 23.2 Å². The molecule has 1 fully saturated rings. The molecule has 1 unspecified atom stereocenters. The summed E-state index contributed by atoms with van der Waals surface area (Å²) in [5.74, 6) is -1.12. The molecule has 0 aliphatic heterocycles. The number of carbonyl (C=O) groups excluding carboxylic acids is 1. The fraction of sp³-hybridized carbons (Fsp3) is 0.455. The first kappa shape index (κ1) is 11.1. The van der Waals surface area contributed by atoms with Gasteiger partial charge in [-0.1, -0.05) is 0 Å². The Balaban J connectivity index is 2.19. The van der Waals surface area contributed by atoms with Crippen molar-refractivity contribution in [2.45, 2.75) is 31.8 Å². The molecule has 5 heteroatoms. The molecule has 0 radical (unpaired) electrons. The predicted molar refractivity (Wildman–Crippen MR) is 60.6 cm³/mol. The summed E-state index contributed by atoms with van der Waals surface area (Å²) in [6, 6.07) is 1.09. The van der Waals surface area contributed by atoms with Crippen LogP contribution < -0.4 is 0 Å². The van der Waals surface area contributed by atoms with Gasteiger partial charge < -0.3 is 10.0 Å². The lowest BCUT2D eigenvalue weighted by molar-refractivity contribution is -0.141. The molecular weight excluding hydrogens is 226 g/mol. The molecule has 86 valence electrons. The lowest BCUT2D eigenvalue weighted by atomic mass is 10.2. The van der Waals surface area contributed by atoms with Gasteiger partial charge in [0, 0.05) is 11.4 Å². The zero-order chi connectivity index (χ0) is 11.7. The van der Waals surface area contributed by atoms with Gasteiger partial charge in [0.25, 0.3) is 5.91 Å². The fourth-order valence-electron chi connectivity index (χ4n) is 1.66. The van der Waals surface area contributed by atoms with E-state index >= 15 is 0 Å². The van der Waals surface area contributed by atoms with E-state index in [0.717, 1.165) is 12.8 Å². The van der Waals surface area contributed by atoms with Gasteiger partial charge in [-0.3, -0.25) is 4.79 Å². The van der Waals surface area contributed by atoms with Crippen LogP contribution in [0.4, 0.5) is 0 Å². The molecule has 0 spiro atoms. The number of aliphatic carboxylic acids is 1. The molecule has 1 aliphatic carbocycles. The maximum Gasteiger partial charge on any atom is 0.326 e. The first-order chi connectivity index (χ1) is 7.61. The van der Waals surface area contributed by atoms with Crippen LogP contribution in [0.5, 0.6) is 0 Å². The first-order valence-corrected chi connectivity index (χ1v) is 6.13. The van der Waals surface area contributed by atoms with Gasteiger partial charge >= 0.3 is 5.97 Å². The Bertz CT molecular complexity index is 397. The summed E-state index contributed by atoms with van der Waals surface area (Å²) < 4.78 is 0. The zero-order valence-corrected chi connectivity index (χ0v) is 9.74. The lowest BCUT2D eigenvalue weighted by Gasteiger charge is -2.26. The minimum absolute atomic E-state index is 0.110. The summed E-state index contributed by atoms with van der Waals surface area (Å²) in [7, 11) is 0. The van der Waals surface area contributed by atoms with Crippen molar-refractivity contribution in [1.82, 2.24) is 4.90 Å². The molecule has 1 N–H and O–H groups in total. The SMILES string of the molecule is CC(C(=O)O)N(C(=O)c1ccsc1)C1CC1. The van der Waals surface area contributed by atoms with Crippen molar-refractivity contribution in [1.29, 1.82) is 0 Å². The van der Waals surface area contributed by atoms with Crippen LogP contribution in [-0.4, -0.2) is 34.0 Å². The average Bonchev–Trinajstić information content (AvgIpc) is 2.93. The molecule has 0 aromatic carbocycles. The van der Waals surface area contributed by atoms with Gasteiger partial charge in [0.1, 0.15) is 6.04 Å². The van der Waals surface area contributed by atoms with E-state index in [4.69, 9.17) is 5.11 Å². The van der Waals surface area contributed by atoms with Crippen molar-refractivity contribution in [2.75, 3.05) is 0 Å². The van der Waals surface area contributed by atoms with Crippen LogP contribution in [0.25, 0.3) is 0 Å². The summed E-state index contributed by atoms with van der Waals surface area (Å²) >= 11 is 1.44. The Labute approximate surface area is 97.5 Å². The molecular formula is C11H13NO3S. The Kier molecular flexibility index (Phi) is 2.96. The minimum Gasteiger partial charge on any atom is -0.480 e. The van der Waals surface area contributed by atoms with E-state index < -0.39 is 12.0 Å². The van der Waals surface area contributed by atoms with Crippen LogP contribution in [0.1, 0.15) is 30.1 Å². The number of thiophene rings is 1. The summed E-state index contributed by atoms with van der Waals surface area (Å²) in [4.78, 5) is 24.5. The second-order valence-electron chi connectivity index (χ2n) is 3.97. The van der Waals surface area contributed by atoms with Crippen LogP contribution in [-0.2, 0) is 4.79 Å². The third-order valence-electron chi connectivity index (χ3n) is 2.72. The van der Waals surface area contributed by atoms with E-state index in [1.807, 2.05) is 5.38 Å². The number of carbonyl (C=O) groups is 2. The molecule has 1 aromatic heterocycles. The summed E-state index contributed by atoms with van der Waals surface area (Å²) in [5.41, 5.74) is 0.588. The van der Waals surface area contributed by atoms with Crippen LogP contribution in [0.3, 0.4) is 0 Å². The van der Waals surface area contributed by atoms with Crippen molar-refractivity contribution in [2.24, 2.45) is 0 Å². The van der Waals surface area contributed by atoms with Crippen molar-refractivity contribution < 1.29 is 14.7 Å². The summed E-state index contributed by atoms with van der Waals surface area (Å²) in [6.45, 7) is 1.56. The van der Waals surface area contributed by atoms with Gasteiger partial charge in [-0.2, -0.15) is 11.3 Å². The quantitative estimate of drug-likeness (QED) is 0.872. The Morgan fingerprint density at radius 2 is 2.25 bits per heavy atom. The standard InChI is InChI=1S/C11H13NO3S/c1-7(11(14)15)12(9-2-3-9)10(13)8-4-5-16-6-8/h4-7,9H,2-3H2,1H3,(H,14,15). The molecule has 0 saturated heterocycles. The number of hydrogen-bond donors (Lipinski definition) is 1. The zero-order valence-electron chi connectivity index (χ0n) is 8.92. The third kappa shape index (κ3) is 2.09. The molecule has 1 aromatic rings. The molecule has 1 heterocycles. The number of amides is 1. The van der Waals surface area contributed by atoms with Crippen molar-refractivity contribution in [3.8, 4) is 0 Å². The maximum absolute atomic E-state index is 12.1. The first-order valence-electron chi connectivity index (χ1n) is 5.19. The Morgan fingerprint density at radius 3 is 2.69 bits per heavy atom. The van der Waals surface area contributed by atoms with Gasteiger partial charge in [-0.15, -0.1) is 0 Å². The van der Waals surface area contributed by atoms with Gasteiger partial charge in [-0.05, 0) is 31.2 Å². The summed E-state index contributed by atoms with van der Waals surface area (Å²) in [5, 5.41) is 12.6. The molecule has 0 bridgehead atoms. The summed E-state index contributed by atoms with van der Waals surface area (Å²) in [6.07, 6.45) is 1.82. The number of carboxylic acids is 1. The number of nitrogens with zero attached hydrogens (tertiary/aromatic N) is 1. The number of hydrogen-bond acceptors (Lipinski definition) is 3. The highest BCUT2D eigenvalue weighted by molar-refractivity contribution is 7.08. The van der Waals surface area contributed by atoms with Crippen LogP contribution in [0, 0.1) is 0 Å². The minimum atomic E-state index is -0.949. The second-order valence-corrected chi connectivity index (χ2v) is 4.75. The maximum atomic E-state index is 12.1. The van der Waals surface area contributed by atoms with E-state index in [0.29, 0.717) is 5.56 Å². The third-order valence-corrected chi connectivity index (χ3v) is 3.40. The predicted octanol–water partition coefficient (Wildman–Crippen LogP) is 1.83. The van der Waals surface area contributed by atoms with Gasteiger partial charge in [0.2, 0.25) is 0 Å². The second kappa shape index (κ2) is 4.25. The monoisotopic (exact) mass is 239 g/mol. The normalized spacial score (nSPS) is 16.8. The van der Waals surface area contributed by atoms with E-state index in [-0.39, 0.29) is 11.9 Å². The van der Waals surface area contributed by atoms with Gasteiger partial charge in [0.05, 0.1) is 5.56 Å². The largest absolute Gasteiger partial charge is 0.480 e. The van der Waals surface area contributed by atoms with Gasteiger partial charge in [-0.25, -0.2) is 4.79 Å². The highest BCUT2D eigenvalue weighted by Gasteiger charge is 2.38. The lowest BCUT2D eigenvalue weighted by Crippen LogP contribution is -2.44. The number of carboxylic acid groups (broad SMARTS) is 1. The van der Waals surface area contributed by atoms with Crippen molar-refractivity contribution in [3.63, 3.8) is 0 Å². The van der Waals surface area contributed by atoms with E-state index in [9.17, 15) is 9.59 Å². The molecule has 2 rings (SSSR count). The van der Waals surface area contributed by atoms with Crippen LogP contribution >= 0.6 is 11.3 Å². The fourth-order valence-corrected chi connectivity index (χ4v) is 2.29. The molecule has 4 nitrogen and oxygen atoms in total.